The molecular weight excluding hydrogens is 233 g/mol. The minimum Gasteiger partial charge on any atom is -0.368 e. The maximum Gasteiger partial charge on any atom is 0.227 e. The zero-order valence-electron chi connectivity index (χ0n) is 11.2. The minimum absolute atomic E-state index is 0.305. The van der Waals surface area contributed by atoms with Crippen molar-refractivity contribution in [3.8, 4) is 0 Å². The van der Waals surface area contributed by atoms with E-state index >= 15 is 0 Å². The van der Waals surface area contributed by atoms with Gasteiger partial charge in [0.1, 0.15) is 0 Å². The van der Waals surface area contributed by atoms with Crippen LogP contribution in [-0.4, -0.2) is 54.6 Å². The molecule has 0 bridgehead atoms. The summed E-state index contributed by atoms with van der Waals surface area (Å²) in [6, 6.07) is 0. The number of nitrogens with zero attached hydrogens (tertiary/aromatic N) is 4. The molecule has 2 heterocycles. The summed E-state index contributed by atoms with van der Waals surface area (Å²) < 4.78 is 13.8. The van der Waals surface area contributed by atoms with Gasteiger partial charge >= 0.3 is 0 Å². The van der Waals surface area contributed by atoms with Gasteiger partial charge < -0.3 is 15.1 Å². The molecular formula is C12H20FN5. The quantitative estimate of drug-likeness (QED) is 0.874. The Balaban J connectivity index is 2.22. The number of halogens is 1. The smallest absolute Gasteiger partial charge is 0.227 e. The Morgan fingerprint density at radius 2 is 1.89 bits per heavy atom. The van der Waals surface area contributed by atoms with Crippen molar-refractivity contribution in [1.82, 2.24) is 14.9 Å². The molecule has 0 unspecified atom stereocenters. The van der Waals surface area contributed by atoms with Crippen LogP contribution in [0.2, 0.25) is 0 Å². The van der Waals surface area contributed by atoms with Gasteiger partial charge in [0.15, 0.2) is 11.6 Å². The van der Waals surface area contributed by atoms with Crippen LogP contribution in [-0.2, 0) is 0 Å². The summed E-state index contributed by atoms with van der Waals surface area (Å²) in [4.78, 5) is 12.9. The van der Waals surface area contributed by atoms with Crippen molar-refractivity contribution in [1.29, 1.82) is 0 Å². The molecule has 5 nitrogen and oxygen atoms in total. The van der Waals surface area contributed by atoms with Gasteiger partial charge in [-0.1, -0.05) is 0 Å². The van der Waals surface area contributed by atoms with E-state index in [1.54, 1.807) is 6.92 Å². The minimum atomic E-state index is -0.352. The van der Waals surface area contributed by atoms with Gasteiger partial charge in [-0.15, -0.1) is 0 Å². The number of piperazine rings is 1. The topological polar surface area (TPSA) is 44.3 Å². The summed E-state index contributed by atoms with van der Waals surface area (Å²) in [6.07, 6.45) is 0. The third-order valence-corrected chi connectivity index (χ3v) is 3.14. The lowest BCUT2D eigenvalue weighted by molar-refractivity contribution is 0.311. The van der Waals surface area contributed by atoms with E-state index < -0.39 is 0 Å². The Kier molecular flexibility index (Phi) is 3.96. The highest BCUT2D eigenvalue weighted by atomic mass is 19.1. The fraction of sp³-hybridized carbons (Fsp3) is 0.667. The van der Waals surface area contributed by atoms with E-state index in [4.69, 9.17) is 0 Å². The Hall–Kier alpha value is -1.43. The summed E-state index contributed by atoms with van der Waals surface area (Å²) in [5, 5.41) is 2.94. The van der Waals surface area contributed by atoms with Crippen LogP contribution in [0, 0.1) is 12.7 Å². The number of hydrogen-bond acceptors (Lipinski definition) is 5. The molecule has 1 aliphatic heterocycles. The van der Waals surface area contributed by atoms with Crippen LogP contribution in [0.25, 0.3) is 0 Å². The third kappa shape index (κ3) is 2.69. The van der Waals surface area contributed by atoms with Gasteiger partial charge in [0.25, 0.3) is 0 Å². The van der Waals surface area contributed by atoms with Gasteiger partial charge in [0, 0.05) is 32.7 Å². The molecule has 18 heavy (non-hydrogen) atoms. The highest BCUT2D eigenvalue weighted by molar-refractivity contribution is 5.45. The number of likely N-dealkylation sites (N-methyl/N-ethyl adjacent to an activating group) is 1. The van der Waals surface area contributed by atoms with E-state index in [2.05, 4.69) is 32.1 Å². The molecule has 0 atom stereocenters. The van der Waals surface area contributed by atoms with Crippen LogP contribution in [0.1, 0.15) is 12.6 Å². The third-order valence-electron chi connectivity index (χ3n) is 3.14. The molecule has 1 aromatic rings. The maximum atomic E-state index is 13.8. The van der Waals surface area contributed by atoms with Crippen molar-refractivity contribution < 1.29 is 4.39 Å². The van der Waals surface area contributed by atoms with Crippen molar-refractivity contribution in [2.24, 2.45) is 0 Å². The monoisotopic (exact) mass is 253 g/mol. The van der Waals surface area contributed by atoms with E-state index in [1.807, 2.05) is 6.92 Å². The highest BCUT2D eigenvalue weighted by Crippen LogP contribution is 2.19. The second kappa shape index (κ2) is 5.48. The van der Waals surface area contributed by atoms with Crippen LogP contribution >= 0.6 is 0 Å². The zero-order chi connectivity index (χ0) is 13.1. The summed E-state index contributed by atoms with van der Waals surface area (Å²) in [5.41, 5.74) is 0.398. The van der Waals surface area contributed by atoms with Gasteiger partial charge in [0.05, 0.1) is 5.69 Å². The summed E-state index contributed by atoms with van der Waals surface area (Å²) in [6.45, 7) is 7.98. The molecule has 1 N–H and O–H groups in total. The van der Waals surface area contributed by atoms with E-state index in [9.17, 15) is 4.39 Å². The molecule has 100 valence electrons. The Labute approximate surface area is 107 Å². The molecule has 0 aliphatic carbocycles. The average molecular weight is 253 g/mol. The summed E-state index contributed by atoms with van der Waals surface area (Å²) >= 11 is 0. The van der Waals surface area contributed by atoms with Crippen LogP contribution < -0.4 is 10.2 Å². The first-order chi connectivity index (χ1) is 8.61. The maximum absolute atomic E-state index is 13.8. The predicted octanol–water partition coefficient (Wildman–Crippen LogP) is 1.11. The van der Waals surface area contributed by atoms with E-state index in [0.29, 0.717) is 24.0 Å². The molecule has 1 fully saturated rings. The van der Waals surface area contributed by atoms with Crippen molar-refractivity contribution in [2.75, 3.05) is 50.0 Å². The predicted molar refractivity (Wildman–Crippen MR) is 70.6 cm³/mol. The first kappa shape index (κ1) is 13.0. The Bertz CT molecular complexity index is 415. The number of nitrogens with one attached hydrogen (secondary N) is 1. The second-order valence-electron chi connectivity index (χ2n) is 4.59. The largest absolute Gasteiger partial charge is 0.368 e. The van der Waals surface area contributed by atoms with Crippen molar-refractivity contribution in [3.05, 3.63) is 11.5 Å². The van der Waals surface area contributed by atoms with Gasteiger partial charge in [-0.2, -0.15) is 4.98 Å². The molecule has 6 heteroatoms. The first-order valence-corrected chi connectivity index (χ1v) is 6.33. The normalized spacial score (nSPS) is 17.0. The molecule has 0 spiro atoms. The first-order valence-electron chi connectivity index (χ1n) is 6.33. The molecule has 2 rings (SSSR count). The van der Waals surface area contributed by atoms with Crippen molar-refractivity contribution in [3.63, 3.8) is 0 Å². The molecule has 0 radical (unpaired) electrons. The lowest BCUT2D eigenvalue weighted by Gasteiger charge is -2.32. The Morgan fingerprint density at radius 3 is 2.50 bits per heavy atom. The van der Waals surface area contributed by atoms with Crippen molar-refractivity contribution >= 4 is 11.8 Å². The standard InChI is InChI=1S/C12H20FN5/c1-4-14-11-10(13)9(2)15-12(16-11)18-7-5-17(3)6-8-18/h4-8H2,1-3H3,(H,14,15,16). The van der Waals surface area contributed by atoms with Gasteiger partial charge in [0.2, 0.25) is 5.95 Å². The Morgan fingerprint density at radius 1 is 1.22 bits per heavy atom. The van der Waals surface area contributed by atoms with Gasteiger partial charge in [-0.3, -0.25) is 0 Å². The molecule has 1 aromatic heterocycles. The second-order valence-corrected chi connectivity index (χ2v) is 4.59. The molecule has 1 saturated heterocycles. The summed E-state index contributed by atoms with van der Waals surface area (Å²) in [5.74, 6) is 0.576. The number of anilines is 2. The fourth-order valence-corrected chi connectivity index (χ4v) is 1.98. The lowest BCUT2D eigenvalue weighted by atomic mass is 10.3. The van der Waals surface area contributed by atoms with Crippen LogP contribution in [0.3, 0.4) is 0 Å². The van der Waals surface area contributed by atoms with E-state index in [-0.39, 0.29) is 5.82 Å². The molecule has 1 aliphatic rings. The number of aryl methyl sites for hydroxylation is 1. The molecule has 0 saturated carbocycles. The van der Waals surface area contributed by atoms with Gasteiger partial charge in [-0.25, -0.2) is 9.37 Å². The summed E-state index contributed by atoms with van der Waals surface area (Å²) in [7, 11) is 2.10. The van der Waals surface area contributed by atoms with E-state index in [1.165, 1.54) is 0 Å². The van der Waals surface area contributed by atoms with Crippen LogP contribution in [0.5, 0.6) is 0 Å². The molecule has 0 aromatic carbocycles. The lowest BCUT2D eigenvalue weighted by Crippen LogP contribution is -2.45. The fourth-order valence-electron chi connectivity index (χ4n) is 1.98. The average Bonchev–Trinajstić information content (AvgIpc) is 2.36. The molecule has 0 amide bonds. The zero-order valence-corrected chi connectivity index (χ0v) is 11.2. The number of rotatable bonds is 3. The number of hydrogen-bond donors (Lipinski definition) is 1. The van der Waals surface area contributed by atoms with Crippen LogP contribution in [0.4, 0.5) is 16.2 Å². The van der Waals surface area contributed by atoms with Gasteiger partial charge in [-0.05, 0) is 20.9 Å². The highest BCUT2D eigenvalue weighted by Gasteiger charge is 2.19. The van der Waals surface area contributed by atoms with Crippen molar-refractivity contribution in [2.45, 2.75) is 13.8 Å². The SMILES string of the molecule is CCNc1nc(N2CCN(C)CC2)nc(C)c1F. The van der Waals surface area contributed by atoms with E-state index in [0.717, 1.165) is 26.2 Å². The van der Waals surface area contributed by atoms with Crippen LogP contribution in [0.15, 0.2) is 0 Å². The number of aromatic nitrogens is 2.